The predicted molar refractivity (Wildman–Crippen MR) is 126 cm³/mol. The standard InChI is InChI=1S/C12H17NO3.C9H12FN2O8P/c1-4-15-16-11(14)12(2,3)13-10-8-6-5-7-9-10;10-4-2-12(9(15)11-8(4)14)7-1-5(13)6(20-7)3-19-21(16,17)18/h5-9,13H,4H2,1-3H3;2,5-7,13H,1,3H2,(H,11,14,15)(H2,16,17,18)/t;5-,6+,7+/m.0/s1. The summed E-state index contributed by atoms with van der Waals surface area (Å²) in [5.74, 6) is -1.65. The Balaban J connectivity index is 0.000000271. The van der Waals surface area contributed by atoms with Gasteiger partial charge >= 0.3 is 19.5 Å². The molecule has 0 amide bonds. The van der Waals surface area contributed by atoms with Crippen molar-refractivity contribution in [2.75, 3.05) is 18.5 Å². The van der Waals surface area contributed by atoms with Gasteiger partial charge in [0.1, 0.15) is 17.9 Å². The van der Waals surface area contributed by atoms with Crippen LogP contribution in [0, 0.1) is 5.82 Å². The summed E-state index contributed by atoms with van der Waals surface area (Å²) in [4.78, 5) is 62.2. The number of ether oxygens (including phenoxy) is 1. The molecule has 0 unspecified atom stereocenters. The van der Waals surface area contributed by atoms with Crippen LogP contribution in [0.3, 0.4) is 0 Å². The van der Waals surface area contributed by atoms with Gasteiger partial charge in [0.15, 0.2) is 0 Å². The average Bonchev–Trinajstić information content (AvgIpc) is 3.19. The van der Waals surface area contributed by atoms with E-state index >= 15 is 0 Å². The highest BCUT2D eigenvalue weighted by Gasteiger charge is 2.37. The largest absolute Gasteiger partial charge is 0.469 e. The smallest absolute Gasteiger partial charge is 0.390 e. The third-order valence-corrected chi connectivity index (χ3v) is 5.32. The van der Waals surface area contributed by atoms with E-state index in [1.54, 1.807) is 25.8 Å². The third kappa shape index (κ3) is 9.48. The minimum Gasteiger partial charge on any atom is -0.390 e. The summed E-state index contributed by atoms with van der Waals surface area (Å²) in [5.41, 5.74) is -2.08. The van der Waals surface area contributed by atoms with Crippen molar-refractivity contribution in [3.05, 3.63) is 63.2 Å². The van der Waals surface area contributed by atoms with Crippen LogP contribution in [0.4, 0.5) is 10.1 Å². The molecule has 1 aromatic carbocycles. The summed E-state index contributed by atoms with van der Waals surface area (Å²) in [5, 5.41) is 12.8. The van der Waals surface area contributed by atoms with Crippen molar-refractivity contribution in [1.82, 2.24) is 9.55 Å². The molecule has 1 aromatic heterocycles. The number of hydrogen-bond acceptors (Lipinski definition) is 10. The van der Waals surface area contributed by atoms with Crippen LogP contribution < -0.4 is 16.6 Å². The monoisotopic (exact) mass is 549 g/mol. The van der Waals surface area contributed by atoms with Crippen LogP contribution in [0.2, 0.25) is 0 Å². The van der Waals surface area contributed by atoms with Gasteiger partial charge in [0.2, 0.25) is 5.82 Å². The van der Waals surface area contributed by atoms with Crippen LogP contribution in [0.15, 0.2) is 46.1 Å². The molecule has 0 saturated carbocycles. The first-order valence-corrected chi connectivity index (χ1v) is 12.5. The lowest BCUT2D eigenvalue weighted by atomic mass is 10.1. The lowest BCUT2D eigenvalue weighted by Gasteiger charge is -2.24. The second-order valence-electron chi connectivity index (χ2n) is 8.26. The maximum atomic E-state index is 13.2. The molecule has 16 heteroatoms. The highest BCUT2D eigenvalue weighted by Crippen LogP contribution is 2.38. The predicted octanol–water partition coefficient (Wildman–Crippen LogP) is 0.805. The van der Waals surface area contributed by atoms with Crippen molar-refractivity contribution < 1.29 is 47.7 Å². The van der Waals surface area contributed by atoms with E-state index in [1.165, 1.54) is 0 Å². The number of aliphatic hydroxyl groups is 1. The lowest BCUT2D eigenvalue weighted by molar-refractivity contribution is -0.272. The van der Waals surface area contributed by atoms with Gasteiger partial charge in [-0.1, -0.05) is 18.2 Å². The molecular formula is C21H29FN3O11P. The summed E-state index contributed by atoms with van der Waals surface area (Å²) in [6, 6.07) is 9.47. The number of halogens is 1. The summed E-state index contributed by atoms with van der Waals surface area (Å²) < 4.78 is 33.9. The maximum absolute atomic E-state index is 13.2. The van der Waals surface area contributed by atoms with E-state index in [4.69, 9.17) is 14.5 Å². The van der Waals surface area contributed by atoms with Crippen LogP contribution in [0.1, 0.15) is 33.4 Å². The maximum Gasteiger partial charge on any atom is 0.469 e. The number of aromatic nitrogens is 2. The fourth-order valence-corrected chi connectivity index (χ4v) is 3.37. The Hall–Kier alpha value is -2.91. The van der Waals surface area contributed by atoms with Gasteiger partial charge in [-0.05, 0) is 32.9 Å². The molecule has 1 aliphatic heterocycles. The quantitative estimate of drug-likeness (QED) is 0.168. The number of rotatable bonds is 9. The Morgan fingerprint density at radius 3 is 2.54 bits per heavy atom. The minimum absolute atomic E-state index is 0.138. The highest BCUT2D eigenvalue weighted by molar-refractivity contribution is 7.46. The zero-order chi connectivity index (χ0) is 27.8. The number of aromatic amines is 1. The van der Waals surface area contributed by atoms with Crippen molar-refractivity contribution in [3.63, 3.8) is 0 Å². The van der Waals surface area contributed by atoms with Crippen LogP contribution in [0.25, 0.3) is 0 Å². The topological polar surface area (TPSA) is 199 Å². The van der Waals surface area contributed by atoms with Gasteiger partial charge in [-0.2, -0.15) is 9.28 Å². The van der Waals surface area contributed by atoms with Gasteiger partial charge in [0.25, 0.3) is 5.56 Å². The summed E-state index contributed by atoms with van der Waals surface area (Å²) in [7, 11) is -4.73. The Morgan fingerprint density at radius 2 is 1.95 bits per heavy atom. The first-order valence-electron chi connectivity index (χ1n) is 10.9. The van der Waals surface area contributed by atoms with Crippen molar-refractivity contribution in [3.8, 4) is 0 Å². The van der Waals surface area contributed by atoms with Gasteiger partial charge in [0.05, 0.1) is 25.5 Å². The molecule has 0 radical (unpaired) electrons. The van der Waals surface area contributed by atoms with Crippen LogP contribution >= 0.6 is 7.82 Å². The first-order chi connectivity index (χ1) is 17.2. The number of nitrogens with one attached hydrogen (secondary N) is 2. The van der Waals surface area contributed by atoms with Crippen LogP contribution in [-0.2, 0) is 28.4 Å². The Morgan fingerprint density at radius 1 is 1.30 bits per heavy atom. The number of aliphatic hydroxyl groups excluding tert-OH is 1. The highest BCUT2D eigenvalue weighted by atomic mass is 31.2. The van der Waals surface area contributed by atoms with E-state index in [9.17, 15) is 28.4 Å². The van der Waals surface area contributed by atoms with Gasteiger partial charge in [-0.15, -0.1) is 0 Å². The number of nitrogens with zero attached hydrogens (tertiary/aromatic N) is 1. The summed E-state index contributed by atoms with van der Waals surface area (Å²) in [6.45, 7) is 4.96. The first kappa shape index (κ1) is 30.3. The zero-order valence-corrected chi connectivity index (χ0v) is 21.1. The van der Waals surface area contributed by atoms with E-state index in [-0.39, 0.29) is 6.42 Å². The molecule has 0 bridgehead atoms. The summed E-state index contributed by atoms with van der Waals surface area (Å²) in [6.07, 6.45) is -2.89. The Bertz CT molecular complexity index is 1200. The third-order valence-electron chi connectivity index (χ3n) is 4.84. The summed E-state index contributed by atoms with van der Waals surface area (Å²) >= 11 is 0. The van der Waals surface area contributed by atoms with Crippen molar-refractivity contribution >= 4 is 19.5 Å². The van der Waals surface area contributed by atoms with E-state index in [0.29, 0.717) is 12.8 Å². The fraction of sp³-hybridized carbons (Fsp3) is 0.476. The van der Waals surface area contributed by atoms with E-state index in [2.05, 4.69) is 19.6 Å². The van der Waals surface area contributed by atoms with Crippen molar-refractivity contribution in [2.45, 2.75) is 51.2 Å². The molecule has 1 saturated heterocycles. The average molecular weight is 549 g/mol. The number of carbonyl (C=O) groups excluding carboxylic acids is 1. The molecule has 3 atom stereocenters. The minimum atomic E-state index is -4.73. The second kappa shape index (κ2) is 13.1. The number of para-hydroxylation sites is 1. The number of hydrogen-bond donors (Lipinski definition) is 5. The Kier molecular flexibility index (Phi) is 10.7. The van der Waals surface area contributed by atoms with Crippen molar-refractivity contribution in [1.29, 1.82) is 0 Å². The number of carbonyl (C=O) groups is 1. The van der Waals surface area contributed by atoms with E-state index in [1.807, 2.05) is 30.3 Å². The number of phosphoric acid groups is 1. The fourth-order valence-electron chi connectivity index (χ4n) is 3.03. The normalized spacial score (nSPS) is 19.6. The van der Waals surface area contributed by atoms with E-state index in [0.717, 1.165) is 10.3 Å². The molecule has 2 heterocycles. The van der Waals surface area contributed by atoms with Gasteiger partial charge < -0.3 is 24.9 Å². The SMILES string of the molecule is CCOOC(=O)C(C)(C)Nc1ccccc1.O=c1[nH]c(=O)n([C@H]2C[C@H](O)[C@@H](COP(=O)(O)O)O2)cc1F. The molecule has 0 aliphatic carbocycles. The molecule has 3 rings (SSSR count). The molecule has 206 valence electrons. The lowest BCUT2D eigenvalue weighted by Crippen LogP contribution is -2.41. The number of H-pyrrole nitrogens is 1. The molecule has 0 spiro atoms. The van der Waals surface area contributed by atoms with Gasteiger partial charge in [0, 0.05) is 12.1 Å². The number of anilines is 1. The number of benzene rings is 1. The molecule has 2 aromatic rings. The van der Waals surface area contributed by atoms with Gasteiger partial charge in [-0.3, -0.25) is 23.8 Å². The van der Waals surface area contributed by atoms with Gasteiger partial charge in [-0.25, -0.2) is 14.2 Å². The number of phosphoric ester groups is 1. The zero-order valence-electron chi connectivity index (χ0n) is 20.2. The molecule has 5 N–H and O–H groups in total. The second-order valence-corrected chi connectivity index (χ2v) is 9.49. The van der Waals surface area contributed by atoms with Crippen LogP contribution in [-0.4, -0.2) is 61.4 Å². The van der Waals surface area contributed by atoms with E-state index < -0.39 is 61.4 Å². The molecule has 37 heavy (non-hydrogen) atoms. The van der Waals surface area contributed by atoms with Crippen LogP contribution in [0.5, 0.6) is 0 Å². The molecule has 1 fully saturated rings. The molecule has 14 nitrogen and oxygen atoms in total. The molecule has 1 aliphatic rings. The Labute approximate surface area is 210 Å². The molecular weight excluding hydrogens is 520 g/mol. The van der Waals surface area contributed by atoms with Crippen molar-refractivity contribution in [2.24, 2.45) is 0 Å².